The molecule has 0 fully saturated rings. The molecule has 2 N–H and O–H groups in total. The fourth-order valence-corrected chi connectivity index (χ4v) is 3.06. The van der Waals surface area contributed by atoms with E-state index in [1.165, 1.54) is 0 Å². The van der Waals surface area contributed by atoms with Crippen LogP contribution in [0.5, 0.6) is 0 Å². The number of rotatable bonds is 8. The molecule has 0 aromatic heterocycles. The number of benzene rings is 1. The molecule has 1 aromatic carbocycles. The van der Waals surface area contributed by atoms with Crippen molar-refractivity contribution in [3.8, 4) is 0 Å². The van der Waals surface area contributed by atoms with Crippen LogP contribution >= 0.6 is 0 Å². The molecule has 0 atom stereocenters. The van der Waals surface area contributed by atoms with Gasteiger partial charge >= 0.3 is 0 Å². The van der Waals surface area contributed by atoms with Crippen LogP contribution < -0.4 is 10.0 Å². The maximum absolute atomic E-state index is 11.9. The summed E-state index contributed by atoms with van der Waals surface area (Å²) in [6.45, 7) is 7.68. The summed E-state index contributed by atoms with van der Waals surface area (Å²) in [4.78, 5) is 0. The van der Waals surface area contributed by atoms with E-state index < -0.39 is 10.0 Å². The molecule has 0 saturated carbocycles. The zero-order chi connectivity index (χ0) is 14.3. The van der Waals surface area contributed by atoms with Crippen LogP contribution in [0.4, 0.5) is 5.69 Å². The Morgan fingerprint density at radius 3 is 2.26 bits per heavy atom. The molecule has 0 unspecified atom stereocenters. The highest BCUT2D eigenvalue weighted by Crippen LogP contribution is 2.15. The molecule has 1 aromatic rings. The quantitative estimate of drug-likeness (QED) is 0.721. The van der Waals surface area contributed by atoms with Crippen molar-refractivity contribution in [2.75, 3.05) is 23.6 Å². The van der Waals surface area contributed by atoms with Gasteiger partial charge in [0.05, 0.1) is 5.75 Å². The summed E-state index contributed by atoms with van der Waals surface area (Å²) in [5.41, 5.74) is 2.77. The van der Waals surface area contributed by atoms with Gasteiger partial charge in [0.15, 0.2) is 0 Å². The van der Waals surface area contributed by atoms with Crippen molar-refractivity contribution < 1.29 is 8.42 Å². The van der Waals surface area contributed by atoms with Gasteiger partial charge in [-0.3, -0.25) is 4.72 Å². The van der Waals surface area contributed by atoms with Gasteiger partial charge in [-0.2, -0.15) is 0 Å². The van der Waals surface area contributed by atoms with Crippen LogP contribution in [0, 0.1) is 13.8 Å². The summed E-state index contributed by atoms with van der Waals surface area (Å²) in [6, 6.07) is 5.71. The summed E-state index contributed by atoms with van der Waals surface area (Å²) in [5, 5.41) is 3.20. The number of hydrogen-bond acceptors (Lipinski definition) is 3. The molecule has 1 rings (SSSR count). The van der Waals surface area contributed by atoms with E-state index in [1.54, 1.807) is 0 Å². The number of anilines is 1. The Kier molecular flexibility index (Phi) is 6.31. The normalized spacial score (nSPS) is 11.5. The van der Waals surface area contributed by atoms with Crippen LogP contribution in [0.25, 0.3) is 0 Å². The molecule has 4 nitrogen and oxygen atoms in total. The van der Waals surface area contributed by atoms with Gasteiger partial charge in [-0.15, -0.1) is 0 Å². The van der Waals surface area contributed by atoms with E-state index in [9.17, 15) is 8.42 Å². The fraction of sp³-hybridized carbons (Fsp3) is 0.571. The molecule has 0 amide bonds. The second kappa shape index (κ2) is 7.50. The first kappa shape index (κ1) is 16.0. The second-order valence-corrected chi connectivity index (χ2v) is 6.74. The van der Waals surface area contributed by atoms with E-state index in [2.05, 4.69) is 17.0 Å². The molecule has 0 saturated heterocycles. The lowest BCUT2D eigenvalue weighted by Gasteiger charge is -2.10. The van der Waals surface area contributed by atoms with Crippen molar-refractivity contribution in [2.45, 2.75) is 33.6 Å². The van der Waals surface area contributed by atoms with E-state index in [0.717, 1.165) is 30.6 Å². The number of hydrogen-bond donors (Lipinski definition) is 2. The smallest absolute Gasteiger partial charge is 0.232 e. The van der Waals surface area contributed by atoms with Crippen molar-refractivity contribution in [3.05, 3.63) is 29.3 Å². The Morgan fingerprint density at radius 1 is 1.05 bits per heavy atom. The van der Waals surface area contributed by atoms with Gasteiger partial charge in [0, 0.05) is 5.69 Å². The van der Waals surface area contributed by atoms with Gasteiger partial charge in [-0.1, -0.05) is 13.0 Å². The first-order chi connectivity index (χ1) is 8.93. The molecule has 19 heavy (non-hydrogen) atoms. The van der Waals surface area contributed by atoms with E-state index in [4.69, 9.17) is 0 Å². The zero-order valence-corrected chi connectivity index (χ0v) is 12.8. The van der Waals surface area contributed by atoms with Crippen molar-refractivity contribution in [2.24, 2.45) is 0 Å². The molecule has 0 heterocycles. The number of sulfonamides is 1. The number of nitrogens with one attached hydrogen (secondary N) is 2. The highest BCUT2D eigenvalue weighted by Gasteiger charge is 2.10. The van der Waals surface area contributed by atoms with Crippen LogP contribution in [-0.2, 0) is 10.0 Å². The van der Waals surface area contributed by atoms with E-state index >= 15 is 0 Å². The summed E-state index contributed by atoms with van der Waals surface area (Å²) < 4.78 is 26.5. The largest absolute Gasteiger partial charge is 0.317 e. The topological polar surface area (TPSA) is 58.2 Å². The average Bonchev–Trinajstić information content (AvgIpc) is 2.26. The van der Waals surface area contributed by atoms with Gasteiger partial charge in [0.1, 0.15) is 0 Å². The third-order valence-electron chi connectivity index (χ3n) is 2.69. The molecule has 0 aliphatic heterocycles. The van der Waals surface area contributed by atoms with Crippen LogP contribution in [-0.4, -0.2) is 27.3 Å². The summed E-state index contributed by atoms with van der Waals surface area (Å²) in [7, 11) is -3.25. The second-order valence-electron chi connectivity index (χ2n) is 4.90. The number of aryl methyl sites for hydroxylation is 2. The van der Waals surface area contributed by atoms with Gasteiger partial charge in [-0.25, -0.2) is 8.42 Å². The monoisotopic (exact) mass is 284 g/mol. The summed E-state index contributed by atoms with van der Waals surface area (Å²) >= 11 is 0. The molecule has 0 bridgehead atoms. The lowest BCUT2D eigenvalue weighted by molar-refractivity contribution is 0.593. The minimum absolute atomic E-state index is 0.150. The van der Waals surface area contributed by atoms with Crippen molar-refractivity contribution in [1.29, 1.82) is 0 Å². The van der Waals surface area contributed by atoms with Gasteiger partial charge < -0.3 is 5.32 Å². The molecular formula is C14H24N2O2S. The lowest BCUT2D eigenvalue weighted by atomic mass is 10.1. The predicted octanol–water partition coefficient (Wildman–Crippen LogP) is 2.43. The van der Waals surface area contributed by atoms with E-state index in [-0.39, 0.29) is 5.75 Å². The molecule has 108 valence electrons. The zero-order valence-electron chi connectivity index (χ0n) is 12.0. The Hall–Kier alpha value is -1.07. The van der Waals surface area contributed by atoms with Crippen LogP contribution in [0.15, 0.2) is 18.2 Å². The highest BCUT2D eigenvalue weighted by atomic mass is 32.2. The first-order valence-electron chi connectivity index (χ1n) is 6.72. The maximum Gasteiger partial charge on any atom is 0.232 e. The van der Waals surface area contributed by atoms with Gasteiger partial charge in [0.25, 0.3) is 0 Å². The van der Waals surface area contributed by atoms with E-state index in [1.807, 2.05) is 32.0 Å². The summed E-state index contributed by atoms with van der Waals surface area (Å²) in [5.74, 6) is 0.150. The summed E-state index contributed by atoms with van der Waals surface area (Å²) in [6.07, 6.45) is 1.69. The first-order valence-corrected chi connectivity index (χ1v) is 8.37. The third-order valence-corrected chi connectivity index (χ3v) is 4.06. The highest BCUT2D eigenvalue weighted by molar-refractivity contribution is 7.92. The van der Waals surface area contributed by atoms with Crippen molar-refractivity contribution >= 4 is 15.7 Å². The molecule has 0 radical (unpaired) electrons. The van der Waals surface area contributed by atoms with Crippen LogP contribution in [0.2, 0.25) is 0 Å². The lowest BCUT2D eigenvalue weighted by Crippen LogP contribution is -2.22. The molecule has 5 heteroatoms. The minimum atomic E-state index is -3.25. The van der Waals surface area contributed by atoms with Crippen LogP contribution in [0.1, 0.15) is 30.9 Å². The van der Waals surface area contributed by atoms with Gasteiger partial charge in [0.2, 0.25) is 10.0 Å². The standard InChI is InChI=1S/C14H24N2O2S/c1-4-6-15-7-5-8-19(17,18)16-14-10-12(2)9-13(3)11-14/h9-11,15-16H,4-8H2,1-3H3. The Morgan fingerprint density at radius 2 is 1.68 bits per heavy atom. The maximum atomic E-state index is 11.9. The molecule has 0 aliphatic rings. The SMILES string of the molecule is CCCNCCCS(=O)(=O)Nc1cc(C)cc(C)c1. The third kappa shape index (κ3) is 6.59. The van der Waals surface area contributed by atoms with E-state index in [0.29, 0.717) is 12.1 Å². The minimum Gasteiger partial charge on any atom is -0.317 e. The van der Waals surface area contributed by atoms with Crippen molar-refractivity contribution in [1.82, 2.24) is 5.32 Å². The molecular weight excluding hydrogens is 260 g/mol. The van der Waals surface area contributed by atoms with Crippen LogP contribution in [0.3, 0.4) is 0 Å². The predicted molar refractivity (Wildman–Crippen MR) is 81.1 cm³/mol. The molecule has 0 spiro atoms. The Bertz CT molecular complexity index is 478. The fourth-order valence-electron chi connectivity index (χ4n) is 1.95. The van der Waals surface area contributed by atoms with Gasteiger partial charge in [-0.05, 0) is 63.0 Å². The van der Waals surface area contributed by atoms with Crippen molar-refractivity contribution in [3.63, 3.8) is 0 Å². The average molecular weight is 284 g/mol. The molecule has 0 aliphatic carbocycles. The Labute approximate surface area is 116 Å². The Balaban J connectivity index is 2.49.